The van der Waals surface area contributed by atoms with Gasteiger partial charge >= 0.3 is 0 Å². The van der Waals surface area contributed by atoms with E-state index in [9.17, 15) is 4.39 Å². The van der Waals surface area contributed by atoms with Gasteiger partial charge in [-0.2, -0.15) is 5.26 Å². The Morgan fingerprint density at radius 1 is 1.22 bits per heavy atom. The number of hydrogen-bond donors (Lipinski definition) is 1. The van der Waals surface area contributed by atoms with Gasteiger partial charge in [0.1, 0.15) is 5.82 Å². The summed E-state index contributed by atoms with van der Waals surface area (Å²) in [6, 6.07) is 15.0. The molecule has 0 spiro atoms. The van der Waals surface area contributed by atoms with Crippen LogP contribution in [-0.2, 0) is 11.2 Å². The molecule has 1 N–H and O–H groups in total. The fraction of sp³-hybridized carbons (Fsp3) is 0.316. The van der Waals surface area contributed by atoms with E-state index in [-0.39, 0.29) is 23.9 Å². The number of benzene rings is 2. The summed E-state index contributed by atoms with van der Waals surface area (Å²) < 4.78 is 20.2. The molecule has 4 heteroatoms. The van der Waals surface area contributed by atoms with Crippen LogP contribution >= 0.6 is 0 Å². The van der Waals surface area contributed by atoms with Gasteiger partial charge in [-0.1, -0.05) is 30.3 Å². The summed E-state index contributed by atoms with van der Waals surface area (Å²) in [6.45, 7) is 0.684. The standard InChI is InChI=1S/C19H17FN2O/c20-16-4-2-1-3-13(16)18-14-8-10-23-19(14)15-11-12(7-9-21)5-6-17(15)22-18/h1-6,11,14,18-19,22H,7-8,10H2. The Hall–Kier alpha value is -2.38. The summed E-state index contributed by atoms with van der Waals surface area (Å²) in [5.74, 6) is 0.0249. The van der Waals surface area contributed by atoms with Crippen LogP contribution in [0.4, 0.5) is 10.1 Å². The zero-order chi connectivity index (χ0) is 15.8. The summed E-state index contributed by atoms with van der Waals surface area (Å²) in [6.07, 6.45) is 1.26. The quantitative estimate of drug-likeness (QED) is 0.907. The SMILES string of the molecule is N#CCc1ccc2c(c1)C1OCCC1C(c1ccccc1F)N2. The van der Waals surface area contributed by atoms with Gasteiger partial charge in [-0.25, -0.2) is 4.39 Å². The van der Waals surface area contributed by atoms with Crippen molar-refractivity contribution in [2.75, 3.05) is 11.9 Å². The molecule has 2 aromatic rings. The third-order valence-electron chi connectivity index (χ3n) is 4.82. The smallest absolute Gasteiger partial charge is 0.128 e. The van der Waals surface area contributed by atoms with E-state index >= 15 is 0 Å². The average Bonchev–Trinajstić information content (AvgIpc) is 3.05. The first-order valence-electron chi connectivity index (χ1n) is 7.90. The molecule has 0 radical (unpaired) electrons. The molecule has 1 saturated heterocycles. The van der Waals surface area contributed by atoms with Crippen LogP contribution in [0.2, 0.25) is 0 Å². The summed E-state index contributed by atoms with van der Waals surface area (Å²) in [5.41, 5.74) is 3.75. The van der Waals surface area contributed by atoms with E-state index in [1.807, 2.05) is 30.3 Å². The summed E-state index contributed by atoms with van der Waals surface area (Å²) in [7, 11) is 0. The molecule has 0 aliphatic carbocycles. The molecule has 0 aromatic heterocycles. The second-order valence-corrected chi connectivity index (χ2v) is 6.14. The first-order valence-corrected chi connectivity index (χ1v) is 7.90. The topological polar surface area (TPSA) is 45.0 Å². The van der Waals surface area contributed by atoms with E-state index in [4.69, 9.17) is 10.00 Å². The first kappa shape index (κ1) is 14.2. The monoisotopic (exact) mass is 308 g/mol. The number of nitrogens with zero attached hydrogens (tertiary/aromatic N) is 1. The van der Waals surface area contributed by atoms with E-state index in [2.05, 4.69) is 11.4 Å². The van der Waals surface area contributed by atoms with Crippen molar-refractivity contribution in [2.24, 2.45) is 5.92 Å². The lowest BCUT2D eigenvalue weighted by atomic mass is 9.80. The second-order valence-electron chi connectivity index (χ2n) is 6.14. The summed E-state index contributed by atoms with van der Waals surface area (Å²) >= 11 is 0. The van der Waals surface area contributed by atoms with E-state index in [0.29, 0.717) is 18.6 Å². The van der Waals surface area contributed by atoms with Crippen molar-refractivity contribution < 1.29 is 9.13 Å². The van der Waals surface area contributed by atoms with Gasteiger partial charge < -0.3 is 10.1 Å². The molecule has 2 aliphatic rings. The lowest BCUT2D eigenvalue weighted by molar-refractivity contribution is 0.0825. The molecule has 0 saturated carbocycles. The van der Waals surface area contributed by atoms with Crippen LogP contribution < -0.4 is 5.32 Å². The zero-order valence-corrected chi connectivity index (χ0v) is 12.6. The van der Waals surface area contributed by atoms with Gasteiger partial charge in [-0.15, -0.1) is 0 Å². The van der Waals surface area contributed by atoms with Crippen molar-refractivity contribution in [1.82, 2.24) is 0 Å². The molecule has 0 bridgehead atoms. The third-order valence-corrected chi connectivity index (χ3v) is 4.82. The maximum absolute atomic E-state index is 14.3. The zero-order valence-electron chi connectivity index (χ0n) is 12.6. The fourth-order valence-electron chi connectivity index (χ4n) is 3.76. The van der Waals surface area contributed by atoms with Gasteiger partial charge in [0, 0.05) is 29.3 Å². The van der Waals surface area contributed by atoms with Gasteiger partial charge in [-0.3, -0.25) is 0 Å². The minimum Gasteiger partial charge on any atom is -0.377 e. The van der Waals surface area contributed by atoms with Crippen LogP contribution in [-0.4, -0.2) is 6.61 Å². The Morgan fingerprint density at radius 3 is 2.91 bits per heavy atom. The normalized spacial score (nSPS) is 25.1. The lowest BCUT2D eigenvalue weighted by Gasteiger charge is -2.36. The summed E-state index contributed by atoms with van der Waals surface area (Å²) in [4.78, 5) is 0. The van der Waals surface area contributed by atoms with Crippen molar-refractivity contribution in [2.45, 2.75) is 25.0 Å². The number of nitrogens with one attached hydrogen (secondary N) is 1. The molecule has 23 heavy (non-hydrogen) atoms. The lowest BCUT2D eigenvalue weighted by Crippen LogP contribution is -2.30. The van der Waals surface area contributed by atoms with E-state index in [1.54, 1.807) is 6.07 Å². The Balaban J connectivity index is 1.77. The number of fused-ring (bicyclic) bond motifs is 3. The summed E-state index contributed by atoms with van der Waals surface area (Å²) in [5, 5.41) is 12.4. The number of halogens is 1. The molecule has 1 fully saturated rings. The Bertz CT molecular complexity index is 783. The van der Waals surface area contributed by atoms with E-state index in [0.717, 1.165) is 23.2 Å². The molecule has 3 nitrogen and oxygen atoms in total. The molecule has 0 amide bonds. The van der Waals surface area contributed by atoms with Crippen LogP contribution in [0, 0.1) is 23.1 Å². The van der Waals surface area contributed by atoms with Crippen molar-refractivity contribution in [1.29, 1.82) is 5.26 Å². The highest BCUT2D eigenvalue weighted by atomic mass is 19.1. The molecular formula is C19H17FN2O. The minimum absolute atomic E-state index is 0.0329. The van der Waals surface area contributed by atoms with Gasteiger partial charge in [0.05, 0.1) is 24.6 Å². The number of hydrogen-bond acceptors (Lipinski definition) is 3. The highest BCUT2D eigenvalue weighted by Gasteiger charge is 2.42. The molecule has 3 unspecified atom stereocenters. The molecule has 2 heterocycles. The van der Waals surface area contributed by atoms with Crippen molar-refractivity contribution in [3.05, 3.63) is 65.0 Å². The fourth-order valence-corrected chi connectivity index (χ4v) is 3.76. The first-order chi connectivity index (χ1) is 11.3. The van der Waals surface area contributed by atoms with Crippen LogP contribution in [0.15, 0.2) is 42.5 Å². The Kier molecular flexibility index (Phi) is 3.51. The Morgan fingerprint density at radius 2 is 2.09 bits per heavy atom. The van der Waals surface area contributed by atoms with Crippen LogP contribution in [0.5, 0.6) is 0 Å². The predicted molar refractivity (Wildman–Crippen MR) is 85.3 cm³/mol. The largest absolute Gasteiger partial charge is 0.377 e. The number of anilines is 1. The van der Waals surface area contributed by atoms with Crippen molar-refractivity contribution in [3.8, 4) is 6.07 Å². The van der Waals surface area contributed by atoms with Gasteiger partial charge in [-0.05, 0) is 24.1 Å². The van der Waals surface area contributed by atoms with Crippen LogP contribution in [0.25, 0.3) is 0 Å². The van der Waals surface area contributed by atoms with Gasteiger partial charge in [0.2, 0.25) is 0 Å². The van der Waals surface area contributed by atoms with Crippen LogP contribution in [0.1, 0.15) is 35.3 Å². The molecular weight excluding hydrogens is 291 g/mol. The maximum Gasteiger partial charge on any atom is 0.128 e. The molecule has 4 rings (SSSR count). The van der Waals surface area contributed by atoms with E-state index < -0.39 is 0 Å². The molecule has 3 atom stereocenters. The molecule has 116 valence electrons. The third kappa shape index (κ3) is 2.38. The van der Waals surface area contributed by atoms with Gasteiger partial charge in [0.15, 0.2) is 0 Å². The Labute approximate surface area is 134 Å². The molecule has 2 aromatic carbocycles. The average molecular weight is 308 g/mol. The molecule has 2 aliphatic heterocycles. The minimum atomic E-state index is -0.180. The van der Waals surface area contributed by atoms with Crippen molar-refractivity contribution in [3.63, 3.8) is 0 Å². The number of ether oxygens (including phenoxy) is 1. The van der Waals surface area contributed by atoms with Crippen LogP contribution in [0.3, 0.4) is 0 Å². The second kappa shape index (κ2) is 5.68. The highest BCUT2D eigenvalue weighted by molar-refractivity contribution is 5.58. The van der Waals surface area contributed by atoms with Gasteiger partial charge in [0.25, 0.3) is 0 Å². The number of rotatable bonds is 2. The predicted octanol–water partition coefficient (Wildman–Crippen LogP) is 4.14. The maximum atomic E-state index is 14.3. The highest BCUT2D eigenvalue weighted by Crippen LogP contribution is 2.50. The van der Waals surface area contributed by atoms with Crippen molar-refractivity contribution >= 4 is 5.69 Å². The number of nitriles is 1. The van der Waals surface area contributed by atoms with E-state index in [1.165, 1.54) is 6.07 Å².